The van der Waals surface area contributed by atoms with E-state index in [0.29, 0.717) is 55.4 Å². The van der Waals surface area contributed by atoms with E-state index in [2.05, 4.69) is 13.2 Å². The Bertz CT molecular complexity index is 1290. The van der Waals surface area contributed by atoms with E-state index in [-0.39, 0.29) is 72.8 Å². The van der Waals surface area contributed by atoms with Crippen molar-refractivity contribution in [2.75, 3.05) is 65.2 Å². The number of nitrogens with two attached hydrogens (primary N) is 2. The van der Waals surface area contributed by atoms with Gasteiger partial charge in [-0.3, -0.25) is 9.59 Å². The average Bonchev–Trinajstić information content (AvgIpc) is 3.58. The van der Waals surface area contributed by atoms with Gasteiger partial charge in [-0.1, -0.05) is 24.3 Å². The summed E-state index contributed by atoms with van der Waals surface area (Å²) in [4.78, 5) is 29.5. The minimum Gasteiger partial charge on any atom is -0.496 e. The first kappa shape index (κ1) is 31.5. The molecule has 232 valence electrons. The summed E-state index contributed by atoms with van der Waals surface area (Å²) < 4.78 is 22.6. The number of nitrogens with zero attached hydrogens (tertiary/aromatic N) is 2. The molecule has 12 nitrogen and oxygen atoms in total. The molecular formula is C31H40N4O8. The fraction of sp³-hybridized carbons (Fsp3) is 0.419. The predicted octanol–water partition coefficient (Wildman–Crippen LogP) is 2.24. The second-order valence-electron chi connectivity index (χ2n) is 10.7. The smallest absolute Gasteiger partial charge is 0.258 e. The zero-order chi connectivity index (χ0) is 31.3. The summed E-state index contributed by atoms with van der Waals surface area (Å²) in [6.07, 6.45) is 1.56. The third-order valence-electron chi connectivity index (χ3n) is 7.59. The number of hydrogen-bond acceptors (Lipinski definition) is 10. The van der Waals surface area contributed by atoms with Crippen molar-refractivity contribution >= 4 is 23.2 Å². The number of ether oxygens (including phenoxy) is 4. The van der Waals surface area contributed by atoms with Crippen LogP contribution in [0.15, 0.2) is 48.6 Å². The summed E-state index contributed by atoms with van der Waals surface area (Å²) in [6, 6.07) is 5.49. The maximum Gasteiger partial charge on any atom is 0.258 e. The van der Waals surface area contributed by atoms with Crippen LogP contribution in [0.5, 0.6) is 23.0 Å². The molecule has 2 amide bonds. The average molecular weight is 597 g/mol. The van der Waals surface area contributed by atoms with Crippen LogP contribution in [0.25, 0.3) is 0 Å². The molecule has 43 heavy (non-hydrogen) atoms. The molecule has 2 aromatic rings. The van der Waals surface area contributed by atoms with Gasteiger partial charge in [0.2, 0.25) is 0 Å². The molecule has 0 saturated carbocycles. The Morgan fingerprint density at radius 3 is 1.51 bits per heavy atom. The summed E-state index contributed by atoms with van der Waals surface area (Å²) in [6.45, 7) is 8.77. The van der Waals surface area contributed by atoms with Gasteiger partial charge < -0.3 is 50.4 Å². The van der Waals surface area contributed by atoms with Crippen LogP contribution in [-0.4, -0.2) is 97.6 Å². The lowest BCUT2D eigenvalue weighted by Crippen LogP contribution is -2.37. The Labute approximate surface area is 251 Å². The predicted molar refractivity (Wildman–Crippen MR) is 162 cm³/mol. The van der Waals surface area contributed by atoms with Gasteiger partial charge in [0.05, 0.1) is 75.2 Å². The van der Waals surface area contributed by atoms with Crippen molar-refractivity contribution in [3.63, 3.8) is 0 Å². The highest BCUT2D eigenvalue weighted by molar-refractivity contribution is 5.99. The van der Waals surface area contributed by atoms with Crippen LogP contribution in [-0.2, 0) is 0 Å². The molecule has 2 aliphatic heterocycles. The maximum absolute atomic E-state index is 13.2. The number of aliphatic hydroxyl groups is 2. The summed E-state index contributed by atoms with van der Waals surface area (Å²) in [7, 11) is 2.91. The number of nitrogen functional groups attached to an aromatic ring is 2. The molecule has 0 aromatic heterocycles. The Morgan fingerprint density at radius 1 is 0.767 bits per heavy atom. The zero-order valence-corrected chi connectivity index (χ0v) is 24.6. The first-order chi connectivity index (χ1) is 20.6. The van der Waals surface area contributed by atoms with E-state index in [1.807, 2.05) is 0 Å². The first-order valence-electron chi connectivity index (χ1n) is 14.0. The zero-order valence-electron chi connectivity index (χ0n) is 24.6. The fourth-order valence-electron chi connectivity index (χ4n) is 5.37. The molecule has 2 fully saturated rings. The minimum atomic E-state index is -0.336. The number of anilines is 2. The van der Waals surface area contributed by atoms with Crippen LogP contribution < -0.4 is 30.4 Å². The third kappa shape index (κ3) is 6.81. The molecule has 4 rings (SSSR count). The van der Waals surface area contributed by atoms with E-state index in [4.69, 9.17) is 30.4 Å². The van der Waals surface area contributed by atoms with Gasteiger partial charge in [-0.25, -0.2) is 0 Å². The van der Waals surface area contributed by atoms with E-state index < -0.39 is 0 Å². The first-order valence-corrected chi connectivity index (χ1v) is 14.0. The number of hydrogen-bond donors (Lipinski definition) is 4. The Hall–Kier alpha value is -4.42. The van der Waals surface area contributed by atoms with Crippen molar-refractivity contribution in [3.05, 3.63) is 59.7 Å². The molecule has 1 unspecified atom stereocenters. The Kier molecular flexibility index (Phi) is 10.0. The number of rotatable bonds is 12. The van der Waals surface area contributed by atoms with Crippen LogP contribution in [0.2, 0.25) is 0 Å². The van der Waals surface area contributed by atoms with Gasteiger partial charge in [-0.15, -0.1) is 0 Å². The lowest BCUT2D eigenvalue weighted by atomic mass is 10.1. The quantitative estimate of drug-likeness (QED) is 0.162. The fourth-order valence-corrected chi connectivity index (χ4v) is 5.37. The summed E-state index contributed by atoms with van der Waals surface area (Å²) in [5, 5.41) is 19.3. The van der Waals surface area contributed by atoms with Crippen molar-refractivity contribution in [3.8, 4) is 23.0 Å². The number of carbonyl (C=O) groups excluding carboxylic acids is 2. The number of benzene rings is 2. The molecule has 6 N–H and O–H groups in total. The number of methoxy groups -OCH3 is 2. The molecule has 0 aliphatic carbocycles. The van der Waals surface area contributed by atoms with E-state index in [0.717, 1.165) is 11.1 Å². The third-order valence-corrected chi connectivity index (χ3v) is 7.59. The normalized spacial score (nSPS) is 18.2. The lowest BCUT2D eigenvalue weighted by molar-refractivity contribution is 0.0670. The highest BCUT2D eigenvalue weighted by Crippen LogP contribution is 2.35. The summed E-state index contributed by atoms with van der Waals surface area (Å²) in [5.41, 5.74) is 15.3. The maximum atomic E-state index is 13.2. The van der Waals surface area contributed by atoms with E-state index in [9.17, 15) is 19.8 Å². The van der Waals surface area contributed by atoms with Crippen molar-refractivity contribution in [2.45, 2.75) is 31.3 Å². The van der Waals surface area contributed by atoms with Crippen LogP contribution >= 0.6 is 0 Å². The van der Waals surface area contributed by atoms with Gasteiger partial charge in [0.25, 0.3) is 11.8 Å². The van der Waals surface area contributed by atoms with Crippen molar-refractivity contribution in [1.82, 2.24) is 9.80 Å². The molecule has 2 saturated heterocycles. The highest BCUT2D eigenvalue weighted by atomic mass is 16.5. The highest BCUT2D eigenvalue weighted by Gasteiger charge is 2.34. The summed E-state index contributed by atoms with van der Waals surface area (Å²) >= 11 is 0. The molecule has 0 bridgehead atoms. The van der Waals surface area contributed by atoms with Crippen molar-refractivity contribution in [2.24, 2.45) is 0 Å². The molecule has 2 atom stereocenters. The van der Waals surface area contributed by atoms with Gasteiger partial charge in [-0.05, 0) is 25.0 Å². The summed E-state index contributed by atoms with van der Waals surface area (Å²) in [5.74, 6) is 0.707. The molecule has 2 aliphatic rings. The number of likely N-dealkylation sites (tertiary alicyclic amines) is 2. The SMILES string of the molecule is C=C1CC(CO)N(C(=O)c2cc(N)c(OCCCOc3cc(OC)c(C(=O)N4CC(=C)C[C@H]4CO)cc3N)cc2OC)C1. The van der Waals surface area contributed by atoms with Gasteiger partial charge in [-0.2, -0.15) is 0 Å². The van der Waals surface area contributed by atoms with Crippen molar-refractivity contribution < 1.29 is 38.7 Å². The largest absolute Gasteiger partial charge is 0.496 e. The van der Waals surface area contributed by atoms with E-state index >= 15 is 0 Å². The molecular weight excluding hydrogens is 556 g/mol. The monoisotopic (exact) mass is 596 g/mol. The molecule has 2 aromatic carbocycles. The topological polar surface area (TPSA) is 170 Å². The van der Waals surface area contributed by atoms with E-state index in [1.165, 1.54) is 26.4 Å². The Morgan fingerprint density at radius 2 is 1.16 bits per heavy atom. The van der Waals surface area contributed by atoms with Gasteiger partial charge >= 0.3 is 0 Å². The number of carbonyl (C=O) groups is 2. The van der Waals surface area contributed by atoms with Crippen LogP contribution in [0.4, 0.5) is 11.4 Å². The van der Waals surface area contributed by atoms with E-state index in [1.54, 1.807) is 21.9 Å². The number of amides is 2. The molecule has 0 radical (unpaired) electrons. The second kappa shape index (κ2) is 13.7. The molecule has 2 heterocycles. The molecule has 0 spiro atoms. The van der Waals surface area contributed by atoms with Crippen molar-refractivity contribution in [1.29, 1.82) is 0 Å². The second-order valence-corrected chi connectivity index (χ2v) is 10.7. The standard InChI is InChI=1S/C31H40N4O8/c1-18-8-20(16-36)34(14-18)30(38)22-10-24(32)28(12-26(22)40-3)42-6-5-7-43-29-13-27(41-4)23(11-25(29)33)31(39)35-15-19(2)9-21(35)17-37/h10-13,20-21,36-37H,1-2,5-9,14-17,32-33H2,3-4H3/t20-,21?/m0/s1. The van der Waals surface area contributed by atoms with Gasteiger partial charge in [0.1, 0.15) is 23.0 Å². The Balaban J connectivity index is 1.36. The molecule has 12 heteroatoms. The van der Waals surface area contributed by atoms with Crippen LogP contribution in [0.1, 0.15) is 40.0 Å². The van der Waals surface area contributed by atoms with Crippen LogP contribution in [0.3, 0.4) is 0 Å². The van der Waals surface area contributed by atoms with Gasteiger partial charge in [0.15, 0.2) is 0 Å². The lowest BCUT2D eigenvalue weighted by Gasteiger charge is -2.24. The number of aliphatic hydroxyl groups excluding tert-OH is 2. The van der Waals surface area contributed by atoms with Crippen LogP contribution in [0, 0.1) is 0 Å². The minimum absolute atomic E-state index is 0.160. The van der Waals surface area contributed by atoms with Gasteiger partial charge in [0, 0.05) is 31.6 Å².